The molecule has 3 aromatic heterocycles. The second kappa shape index (κ2) is 3.48. The molecule has 0 fully saturated rings. The Hall–Kier alpha value is -2.57. The number of tetrazole rings is 1. The highest BCUT2D eigenvalue weighted by atomic mass is 16.1. The van der Waals surface area contributed by atoms with E-state index in [1.807, 2.05) is 0 Å². The lowest BCUT2D eigenvalue weighted by molar-refractivity contribution is 0.871. The van der Waals surface area contributed by atoms with Gasteiger partial charge in [-0.3, -0.25) is 19.5 Å². The first-order chi connectivity index (χ1) is 9.89. The Balaban J connectivity index is 2.41. The van der Waals surface area contributed by atoms with Gasteiger partial charge in [0.15, 0.2) is 0 Å². The first-order valence-corrected chi connectivity index (χ1v) is 4.61. The van der Waals surface area contributed by atoms with E-state index in [-0.39, 0.29) is 22.6 Å². The fourth-order valence-corrected chi connectivity index (χ4v) is 1.45. The fraction of sp³-hybridized carbons (Fsp3) is 0.100. The average Bonchev–Trinajstić information content (AvgIpc) is 2.90. The van der Waals surface area contributed by atoms with Gasteiger partial charge in [-0.2, -0.15) is 5.21 Å². The van der Waals surface area contributed by atoms with Crippen LogP contribution in [0.1, 0.15) is 11.0 Å². The van der Waals surface area contributed by atoms with Crippen molar-refractivity contribution >= 4 is 5.65 Å². The molecular weight excluding hydrogens is 220 g/mol. The molecule has 0 amide bonds. The molecule has 0 aromatic carbocycles. The molecule has 0 aliphatic heterocycles. The molecule has 0 aliphatic carbocycles. The first kappa shape index (κ1) is 6.24. The molecule has 0 bridgehead atoms. The molecule has 0 N–H and O–H groups in total. The van der Waals surface area contributed by atoms with Crippen LogP contribution >= 0.6 is 0 Å². The van der Waals surface area contributed by atoms with Crippen molar-refractivity contribution in [3.63, 3.8) is 0 Å². The molecule has 17 heavy (non-hydrogen) atoms. The molecule has 0 aliphatic rings. The Morgan fingerprint density at radius 1 is 1.59 bits per heavy atom. The highest BCUT2D eigenvalue weighted by Gasteiger charge is 2.06. The minimum atomic E-state index is -2.44. The lowest BCUT2D eigenvalue weighted by Gasteiger charge is -2.05. The lowest BCUT2D eigenvalue weighted by Crippen LogP contribution is -2.17. The maximum Gasteiger partial charge on any atom is 0.266 e. The van der Waals surface area contributed by atoms with Gasteiger partial charge in [-0.25, -0.2) is 4.98 Å². The molecule has 0 saturated carbocycles. The molecule has 84 valence electrons. The average molecular weight is 231 g/mol. The summed E-state index contributed by atoms with van der Waals surface area (Å²) < 4.78 is 31.3. The topological polar surface area (TPSA) is 87.1 Å². The van der Waals surface area contributed by atoms with Gasteiger partial charge in [0.2, 0.25) is 0 Å². The summed E-state index contributed by atoms with van der Waals surface area (Å²) >= 11 is 0. The van der Waals surface area contributed by atoms with Crippen molar-refractivity contribution in [1.82, 2.24) is 30.0 Å². The van der Waals surface area contributed by atoms with E-state index in [4.69, 9.17) is 5.48 Å². The number of hydrogen-bond donors (Lipinski definition) is 0. The van der Waals surface area contributed by atoms with E-state index in [0.717, 1.165) is 4.40 Å². The molecule has 3 aromatic rings. The first-order valence-electron chi connectivity index (χ1n) is 6.61. The van der Waals surface area contributed by atoms with Gasteiger partial charge in [0.1, 0.15) is 5.65 Å². The SMILES string of the molecule is [2H]c1nc2c(C([2H])([2H])[2H])cccn2c(=O)c1-c1nnn[n-]1. The van der Waals surface area contributed by atoms with E-state index in [2.05, 4.69) is 25.6 Å². The third-order valence-corrected chi connectivity index (χ3v) is 2.22. The minimum absolute atomic E-state index is 0.0938. The number of aromatic nitrogens is 6. The van der Waals surface area contributed by atoms with Crippen molar-refractivity contribution in [2.45, 2.75) is 6.85 Å². The molecule has 0 radical (unpaired) electrons. The van der Waals surface area contributed by atoms with Crippen LogP contribution in [-0.4, -0.2) is 24.9 Å². The van der Waals surface area contributed by atoms with Crippen LogP contribution in [0.5, 0.6) is 0 Å². The Morgan fingerprint density at radius 3 is 3.29 bits per heavy atom. The van der Waals surface area contributed by atoms with Gasteiger partial charge in [0, 0.05) is 22.3 Å². The van der Waals surface area contributed by atoms with Gasteiger partial charge in [0.05, 0.1) is 6.93 Å². The number of nitrogens with zero attached hydrogens (tertiary/aromatic N) is 6. The van der Waals surface area contributed by atoms with E-state index >= 15 is 0 Å². The van der Waals surface area contributed by atoms with Crippen LogP contribution in [0.4, 0.5) is 0 Å². The van der Waals surface area contributed by atoms with Gasteiger partial charge in [-0.1, -0.05) is 6.07 Å². The van der Waals surface area contributed by atoms with Crippen LogP contribution < -0.4 is 10.7 Å². The van der Waals surface area contributed by atoms with Crippen LogP contribution in [0.2, 0.25) is 0 Å². The molecular formula is C10H7N6O-. The second-order valence-electron chi connectivity index (χ2n) is 3.22. The van der Waals surface area contributed by atoms with Crippen LogP contribution in [0.3, 0.4) is 0 Å². The summed E-state index contributed by atoms with van der Waals surface area (Å²) in [4.78, 5) is 16.3. The number of rotatable bonds is 1. The third-order valence-electron chi connectivity index (χ3n) is 2.22. The summed E-state index contributed by atoms with van der Waals surface area (Å²) in [6.45, 7) is -2.44. The monoisotopic (exact) mass is 231 g/mol. The van der Waals surface area contributed by atoms with Gasteiger partial charge in [-0.15, -0.1) is 0 Å². The number of hydrogen-bond acceptors (Lipinski definition) is 5. The van der Waals surface area contributed by atoms with E-state index in [9.17, 15) is 4.79 Å². The zero-order valence-corrected chi connectivity index (χ0v) is 8.32. The van der Waals surface area contributed by atoms with Gasteiger partial charge in [0.25, 0.3) is 5.56 Å². The fourth-order valence-electron chi connectivity index (χ4n) is 1.45. The Labute approximate surface area is 101 Å². The number of fused-ring (bicyclic) bond motifs is 1. The predicted molar refractivity (Wildman–Crippen MR) is 58.3 cm³/mol. The Morgan fingerprint density at radius 2 is 2.53 bits per heavy atom. The summed E-state index contributed by atoms with van der Waals surface area (Å²) in [6, 6.07) is 2.77. The Bertz CT molecular complexity index is 870. The third kappa shape index (κ3) is 1.40. The zero-order chi connectivity index (χ0) is 15.2. The minimum Gasteiger partial charge on any atom is -0.330 e. The molecule has 0 unspecified atom stereocenters. The van der Waals surface area contributed by atoms with E-state index in [0.29, 0.717) is 0 Å². The molecule has 7 nitrogen and oxygen atoms in total. The van der Waals surface area contributed by atoms with Gasteiger partial charge < -0.3 is 5.10 Å². The van der Waals surface area contributed by atoms with Crippen molar-refractivity contribution in [3.8, 4) is 11.4 Å². The van der Waals surface area contributed by atoms with Crippen molar-refractivity contribution in [2.75, 3.05) is 0 Å². The van der Waals surface area contributed by atoms with E-state index in [1.54, 1.807) is 0 Å². The van der Waals surface area contributed by atoms with Crippen molar-refractivity contribution in [1.29, 1.82) is 0 Å². The zero-order valence-electron chi connectivity index (χ0n) is 12.3. The highest BCUT2D eigenvalue weighted by Crippen LogP contribution is 2.09. The standard InChI is InChI=1S/C10H7N6O/c1-6-3-2-4-16-9(6)11-5-7(10(16)17)8-12-14-15-13-8/h2-5H,1H3/q-1/i1D3,5D. The maximum absolute atomic E-state index is 12.4. The largest absolute Gasteiger partial charge is 0.330 e. The van der Waals surface area contributed by atoms with E-state index < -0.39 is 18.6 Å². The van der Waals surface area contributed by atoms with Gasteiger partial charge in [-0.05, 0) is 18.5 Å². The van der Waals surface area contributed by atoms with Crippen LogP contribution in [0, 0.1) is 6.85 Å². The molecule has 0 saturated heterocycles. The smallest absolute Gasteiger partial charge is 0.266 e. The highest BCUT2D eigenvalue weighted by molar-refractivity contribution is 5.55. The Kier molecular flexibility index (Phi) is 1.28. The van der Waals surface area contributed by atoms with Crippen LogP contribution in [0.25, 0.3) is 17.0 Å². The normalized spacial score (nSPS) is 15.1. The lowest BCUT2D eigenvalue weighted by atomic mass is 10.2. The van der Waals surface area contributed by atoms with E-state index in [1.165, 1.54) is 18.3 Å². The summed E-state index contributed by atoms with van der Waals surface area (Å²) in [6.07, 6.45) is 0.943. The van der Waals surface area contributed by atoms with Crippen LogP contribution in [-0.2, 0) is 0 Å². The quantitative estimate of drug-likeness (QED) is 0.577. The molecule has 0 atom stereocenters. The number of pyridine rings is 1. The van der Waals surface area contributed by atoms with Crippen molar-refractivity contribution in [2.24, 2.45) is 0 Å². The predicted octanol–water partition coefficient (Wildman–Crippen LogP) is -0.188. The molecule has 3 heterocycles. The second-order valence-corrected chi connectivity index (χ2v) is 3.22. The number of aryl methyl sites for hydroxylation is 1. The summed E-state index contributed by atoms with van der Waals surface area (Å²) in [5.74, 6) is -0.119. The van der Waals surface area contributed by atoms with Crippen molar-refractivity contribution < 1.29 is 5.48 Å². The molecule has 7 heteroatoms. The van der Waals surface area contributed by atoms with Crippen molar-refractivity contribution in [3.05, 3.63) is 40.4 Å². The van der Waals surface area contributed by atoms with Gasteiger partial charge >= 0.3 is 0 Å². The molecule has 3 rings (SSSR count). The summed E-state index contributed by atoms with van der Waals surface area (Å²) in [7, 11) is 0. The summed E-state index contributed by atoms with van der Waals surface area (Å²) in [5.41, 5.74) is -1.03. The summed E-state index contributed by atoms with van der Waals surface area (Å²) in [5, 5.41) is 13.6. The molecule has 0 spiro atoms. The van der Waals surface area contributed by atoms with Crippen LogP contribution in [0.15, 0.2) is 29.3 Å². The maximum atomic E-state index is 12.4.